The predicted molar refractivity (Wildman–Crippen MR) is 110 cm³/mol. The summed E-state index contributed by atoms with van der Waals surface area (Å²) in [5.41, 5.74) is 3.42. The Morgan fingerprint density at radius 3 is 2.44 bits per heavy atom. The van der Waals surface area contributed by atoms with E-state index in [0.29, 0.717) is 0 Å². The molecule has 142 valence electrons. The second kappa shape index (κ2) is 8.55. The van der Waals surface area contributed by atoms with Crippen LogP contribution in [0.15, 0.2) is 48.5 Å². The summed E-state index contributed by atoms with van der Waals surface area (Å²) in [5.74, 6) is 2.46. The van der Waals surface area contributed by atoms with Gasteiger partial charge >= 0.3 is 0 Å². The zero-order valence-corrected chi connectivity index (χ0v) is 16.6. The highest BCUT2D eigenvalue weighted by Crippen LogP contribution is 2.25. The fourth-order valence-corrected chi connectivity index (χ4v) is 3.51. The van der Waals surface area contributed by atoms with E-state index in [4.69, 9.17) is 9.72 Å². The van der Waals surface area contributed by atoms with Crippen molar-refractivity contribution >= 4 is 12.4 Å². The van der Waals surface area contributed by atoms with E-state index in [-0.39, 0.29) is 12.4 Å². The van der Waals surface area contributed by atoms with Crippen molar-refractivity contribution in [2.45, 2.75) is 19.4 Å². The SMILES string of the molecule is COc1ccc(-c2nc(-c3cccc(CN4CCCC4)c3)nn2C)cc1.Cl. The van der Waals surface area contributed by atoms with Gasteiger partial charge in [0.2, 0.25) is 0 Å². The summed E-state index contributed by atoms with van der Waals surface area (Å²) in [5, 5.41) is 4.63. The Kier molecular flexibility index (Phi) is 6.14. The maximum absolute atomic E-state index is 5.23. The monoisotopic (exact) mass is 384 g/mol. The van der Waals surface area contributed by atoms with Crippen molar-refractivity contribution in [1.29, 1.82) is 0 Å². The second-order valence-electron chi connectivity index (χ2n) is 6.79. The number of benzene rings is 2. The van der Waals surface area contributed by atoms with E-state index < -0.39 is 0 Å². The van der Waals surface area contributed by atoms with Crippen LogP contribution in [-0.2, 0) is 13.6 Å². The van der Waals surface area contributed by atoms with Crippen LogP contribution in [0.5, 0.6) is 5.75 Å². The van der Waals surface area contributed by atoms with Crippen molar-refractivity contribution in [2.24, 2.45) is 7.05 Å². The van der Waals surface area contributed by atoms with E-state index in [2.05, 4.69) is 34.3 Å². The van der Waals surface area contributed by atoms with E-state index in [1.54, 1.807) is 7.11 Å². The number of rotatable bonds is 5. The lowest BCUT2D eigenvalue weighted by Crippen LogP contribution is -2.18. The Labute approximate surface area is 166 Å². The zero-order valence-electron chi connectivity index (χ0n) is 15.8. The van der Waals surface area contributed by atoms with E-state index in [0.717, 1.165) is 35.1 Å². The van der Waals surface area contributed by atoms with Gasteiger partial charge in [-0.25, -0.2) is 9.67 Å². The number of methoxy groups -OCH3 is 1. The summed E-state index contributed by atoms with van der Waals surface area (Å²) in [7, 11) is 3.61. The highest BCUT2D eigenvalue weighted by Gasteiger charge is 2.14. The van der Waals surface area contributed by atoms with Crippen molar-refractivity contribution < 1.29 is 4.74 Å². The first-order valence-corrected chi connectivity index (χ1v) is 9.10. The van der Waals surface area contributed by atoms with Crippen LogP contribution in [0, 0.1) is 0 Å². The van der Waals surface area contributed by atoms with Crippen molar-refractivity contribution in [1.82, 2.24) is 19.7 Å². The lowest BCUT2D eigenvalue weighted by molar-refractivity contribution is 0.331. The van der Waals surface area contributed by atoms with Gasteiger partial charge in [-0.2, -0.15) is 5.10 Å². The van der Waals surface area contributed by atoms with Crippen LogP contribution in [0.25, 0.3) is 22.8 Å². The number of halogens is 1. The third kappa shape index (κ3) is 4.31. The summed E-state index contributed by atoms with van der Waals surface area (Å²) in [6.07, 6.45) is 2.62. The minimum absolute atomic E-state index is 0. The van der Waals surface area contributed by atoms with Crippen LogP contribution in [-0.4, -0.2) is 39.9 Å². The topological polar surface area (TPSA) is 43.2 Å². The highest BCUT2D eigenvalue weighted by atomic mass is 35.5. The molecule has 1 aromatic heterocycles. The minimum Gasteiger partial charge on any atom is -0.497 e. The van der Waals surface area contributed by atoms with Gasteiger partial charge in [0.25, 0.3) is 0 Å². The van der Waals surface area contributed by atoms with Crippen LogP contribution < -0.4 is 4.74 Å². The van der Waals surface area contributed by atoms with Gasteiger partial charge in [-0.3, -0.25) is 4.90 Å². The van der Waals surface area contributed by atoms with Gasteiger partial charge in [0.15, 0.2) is 11.6 Å². The van der Waals surface area contributed by atoms with Gasteiger partial charge < -0.3 is 4.74 Å². The van der Waals surface area contributed by atoms with E-state index >= 15 is 0 Å². The number of hydrogen-bond donors (Lipinski definition) is 0. The molecule has 0 bridgehead atoms. The van der Waals surface area contributed by atoms with Gasteiger partial charge in [-0.05, 0) is 61.8 Å². The van der Waals surface area contributed by atoms with Crippen molar-refractivity contribution in [3.63, 3.8) is 0 Å². The fraction of sp³-hybridized carbons (Fsp3) is 0.333. The van der Waals surface area contributed by atoms with E-state index in [1.807, 2.05) is 36.0 Å². The molecule has 1 saturated heterocycles. The second-order valence-corrected chi connectivity index (χ2v) is 6.79. The first-order chi connectivity index (χ1) is 12.7. The summed E-state index contributed by atoms with van der Waals surface area (Å²) in [6.45, 7) is 3.41. The smallest absolute Gasteiger partial charge is 0.181 e. The number of hydrogen-bond acceptors (Lipinski definition) is 4. The standard InChI is InChI=1S/C21H24N4O.ClH/c1-24-21(17-8-10-19(26-2)11-9-17)22-20(23-24)18-7-5-6-16(14-18)15-25-12-3-4-13-25;/h5-11,14H,3-4,12-13,15H2,1-2H3;1H. The Bertz CT molecular complexity index is 885. The summed E-state index contributed by atoms with van der Waals surface area (Å²) in [4.78, 5) is 7.28. The van der Waals surface area contributed by atoms with Crippen molar-refractivity contribution in [3.05, 3.63) is 54.1 Å². The van der Waals surface area contributed by atoms with Crippen molar-refractivity contribution in [3.8, 4) is 28.5 Å². The van der Waals surface area contributed by atoms with Crippen LogP contribution in [0.2, 0.25) is 0 Å². The van der Waals surface area contributed by atoms with Gasteiger partial charge in [-0.1, -0.05) is 18.2 Å². The van der Waals surface area contributed by atoms with E-state index in [9.17, 15) is 0 Å². The first kappa shape index (κ1) is 19.4. The summed E-state index contributed by atoms with van der Waals surface area (Å²) >= 11 is 0. The molecule has 0 aliphatic carbocycles. The predicted octanol–water partition coefficient (Wildman–Crippen LogP) is 4.18. The molecule has 6 heteroatoms. The highest BCUT2D eigenvalue weighted by molar-refractivity contribution is 5.85. The van der Waals surface area contributed by atoms with E-state index in [1.165, 1.54) is 31.5 Å². The van der Waals surface area contributed by atoms with Gasteiger partial charge in [-0.15, -0.1) is 12.4 Å². The van der Waals surface area contributed by atoms with Crippen LogP contribution in [0.1, 0.15) is 18.4 Å². The Balaban J connectivity index is 0.00000210. The minimum atomic E-state index is 0. The largest absolute Gasteiger partial charge is 0.497 e. The van der Waals surface area contributed by atoms with Gasteiger partial charge in [0, 0.05) is 24.7 Å². The molecule has 0 radical (unpaired) electrons. The molecule has 0 amide bonds. The maximum Gasteiger partial charge on any atom is 0.181 e. The molecule has 1 fully saturated rings. The molecule has 0 unspecified atom stereocenters. The molecule has 2 aromatic carbocycles. The molecule has 0 spiro atoms. The average molecular weight is 385 g/mol. The van der Waals surface area contributed by atoms with Crippen LogP contribution in [0.3, 0.4) is 0 Å². The number of likely N-dealkylation sites (tertiary alicyclic amines) is 1. The maximum atomic E-state index is 5.23. The average Bonchev–Trinajstić information content (AvgIpc) is 3.32. The lowest BCUT2D eigenvalue weighted by Gasteiger charge is -2.14. The Morgan fingerprint density at radius 2 is 1.74 bits per heavy atom. The number of nitrogens with zero attached hydrogens (tertiary/aromatic N) is 4. The molecule has 2 heterocycles. The molecule has 0 atom stereocenters. The van der Waals surface area contributed by atoms with Crippen LogP contribution >= 0.6 is 12.4 Å². The van der Waals surface area contributed by atoms with Crippen LogP contribution in [0.4, 0.5) is 0 Å². The quantitative estimate of drug-likeness (QED) is 0.662. The Hall–Kier alpha value is -2.37. The Morgan fingerprint density at radius 1 is 1.00 bits per heavy atom. The molecule has 0 saturated carbocycles. The number of aryl methyl sites for hydroxylation is 1. The third-order valence-electron chi connectivity index (χ3n) is 4.90. The number of ether oxygens (including phenoxy) is 1. The molecule has 5 nitrogen and oxygen atoms in total. The van der Waals surface area contributed by atoms with Gasteiger partial charge in [0.1, 0.15) is 5.75 Å². The molecular formula is C21H25ClN4O. The molecule has 1 aliphatic rings. The fourth-order valence-electron chi connectivity index (χ4n) is 3.51. The molecule has 3 aromatic rings. The number of aromatic nitrogens is 3. The lowest BCUT2D eigenvalue weighted by atomic mass is 10.1. The molecule has 27 heavy (non-hydrogen) atoms. The molecule has 4 rings (SSSR count). The molecular weight excluding hydrogens is 360 g/mol. The summed E-state index contributed by atoms with van der Waals surface area (Å²) in [6, 6.07) is 16.5. The first-order valence-electron chi connectivity index (χ1n) is 9.10. The molecule has 1 aliphatic heterocycles. The summed E-state index contributed by atoms with van der Waals surface area (Å²) < 4.78 is 7.07. The van der Waals surface area contributed by atoms with Crippen molar-refractivity contribution in [2.75, 3.05) is 20.2 Å². The third-order valence-corrected chi connectivity index (χ3v) is 4.90. The normalized spacial score (nSPS) is 14.1. The van der Waals surface area contributed by atoms with Gasteiger partial charge in [0.05, 0.1) is 7.11 Å². The zero-order chi connectivity index (χ0) is 17.9. The molecule has 0 N–H and O–H groups in total.